The zero-order valence-corrected chi connectivity index (χ0v) is 26.5. The number of hydrogen-bond acceptors (Lipinski definition) is 8. The summed E-state index contributed by atoms with van der Waals surface area (Å²) in [5.41, 5.74) is 9.42. The van der Waals surface area contributed by atoms with Crippen molar-refractivity contribution in [2.75, 3.05) is 36.6 Å². The van der Waals surface area contributed by atoms with Gasteiger partial charge in [0.15, 0.2) is 11.5 Å². The number of aryl methyl sites for hydroxylation is 1. The Morgan fingerprint density at radius 2 is 1.79 bits per heavy atom. The fourth-order valence-corrected chi connectivity index (χ4v) is 5.38. The normalized spacial score (nSPS) is 12.5. The summed E-state index contributed by atoms with van der Waals surface area (Å²) in [5.74, 6) is 5.57. The highest BCUT2D eigenvalue weighted by atomic mass is 16.2. The number of nitrogens with zero attached hydrogens (tertiary/aromatic N) is 7. The Hall–Kier alpha value is -5.80. The first-order chi connectivity index (χ1) is 22.7. The van der Waals surface area contributed by atoms with E-state index in [9.17, 15) is 14.4 Å². The number of carbonyl (C=O) groups excluding carboxylic acids is 2. The van der Waals surface area contributed by atoms with Crippen molar-refractivity contribution < 1.29 is 9.59 Å². The van der Waals surface area contributed by atoms with Crippen molar-refractivity contribution in [3.8, 4) is 23.2 Å². The van der Waals surface area contributed by atoms with E-state index in [1.54, 1.807) is 61.8 Å². The van der Waals surface area contributed by atoms with Crippen LogP contribution in [0.25, 0.3) is 22.5 Å². The minimum absolute atomic E-state index is 0.112. The second kappa shape index (κ2) is 13.3. The number of nitrogens with two attached hydrogens (primary N) is 1. The van der Waals surface area contributed by atoms with Crippen LogP contribution in [0.4, 0.5) is 17.3 Å². The number of anilines is 3. The molecule has 0 bridgehead atoms. The fraction of sp³-hybridized carbons (Fsp3) is 0.257. The van der Waals surface area contributed by atoms with Gasteiger partial charge in [0.1, 0.15) is 17.7 Å². The number of benzene rings is 2. The first kappa shape index (κ1) is 31.2. The molecular weight excluding hydrogens is 594 g/mol. The molecule has 0 unspecified atom stereocenters. The van der Waals surface area contributed by atoms with Gasteiger partial charge in [0.05, 0.1) is 17.9 Å². The van der Waals surface area contributed by atoms with Crippen molar-refractivity contribution in [1.29, 1.82) is 0 Å². The number of amides is 2. The highest BCUT2D eigenvalue weighted by Gasteiger charge is 2.25. The van der Waals surface area contributed by atoms with Crippen LogP contribution in [-0.4, -0.2) is 67.5 Å². The summed E-state index contributed by atoms with van der Waals surface area (Å²) in [4.78, 5) is 56.3. The monoisotopic (exact) mass is 629 g/mol. The van der Waals surface area contributed by atoms with Crippen LogP contribution in [-0.2, 0) is 11.2 Å². The average molecular weight is 630 g/mol. The number of nitrogen functional groups attached to an aromatic ring is 1. The van der Waals surface area contributed by atoms with Crippen molar-refractivity contribution in [2.24, 2.45) is 0 Å². The largest absolute Gasteiger partial charge is 0.382 e. The van der Waals surface area contributed by atoms with Crippen molar-refractivity contribution in [2.45, 2.75) is 38.6 Å². The van der Waals surface area contributed by atoms with Gasteiger partial charge in [-0.25, -0.2) is 24.3 Å². The average Bonchev–Trinajstić information content (AvgIpc) is 3.88. The SMILES string of the molecule is CCCc1ccnc(NC(=O)c2ccc(-n3c(=O)n(-c4cccc(N(C)C(=O)C#CCN(C)C5CC5)c4)c4ncnc(N)c43)cc2)c1. The molecule has 238 valence electrons. The van der Waals surface area contributed by atoms with Gasteiger partial charge in [-0.05, 0) is 92.4 Å². The molecule has 2 amide bonds. The van der Waals surface area contributed by atoms with E-state index >= 15 is 0 Å². The van der Waals surface area contributed by atoms with Gasteiger partial charge in [-0.2, -0.15) is 0 Å². The maximum atomic E-state index is 14.1. The molecule has 0 saturated heterocycles. The lowest BCUT2D eigenvalue weighted by molar-refractivity contribution is -0.113. The molecule has 0 atom stereocenters. The second-order valence-electron chi connectivity index (χ2n) is 11.5. The van der Waals surface area contributed by atoms with E-state index in [4.69, 9.17) is 5.73 Å². The molecule has 0 radical (unpaired) electrons. The number of imidazole rings is 1. The maximum absolute atomic E-state index is 14.1. The zero-order chi connectivity index (χ0) is 33.1. The Labute approximate surface area is 271 Å². The lowest BCUT2D eigenvalue weighted by Gasteiger charge is -2.15. The highest BCUT2D eigenvalue weighted by Crippen LogP contribution is 2.26. The van der Waals surface area contributed by atoms with Crippen molar-refractivity contribution in [3.63, 3.8) is 0 Å². The first-order valence-electron chi connectivity index (χ1n) is 15.4. The van der Waals surface area contributed by atoms with E-state index in [1.807, 2.05) is 19.2 Å². The smallest absolute Gasteiger partial charge is 0.339 e. The van der Waals surface area contributed by atoms with E-state index in [0.29, 0.717) is 46.5 Å². The van der Waals surface area contributed by atoms with Gasteiger partial charge in [0.25, 0.3) is 5.91 Å². The molecule has 6 rings (SSSR count). The maximum Gasteiger partial charge on any atom is 0.339 e. The number of rotatable bonds is 9. The molecule has 1 aliphatic carbocycles. The minimum Gasteiger partial charge on any atom is -0.382 e. The third-order valence-electron chi connectivity index (χ3n) is 8.12. The van der Waals surface area contributed by atoms with Gasteiger partial charge in [-0.3, -0.25) is 19.1 Å². The summed E-state index contributed by atoms with van der Waals surface area (Å²) in [6, 6.07) is 17.9. The minimum atomic E-state index is -0.449. The van der Waals surface area contributed by atoms with E-state index in [-0.39, 0.29) is 23.3 Å². The Kier molecular flexibility index (Phi) is 8.81. The van der Waals surface area contributed by atoms with Crippen LogP contribution in [0.3, 0.4) is 0 Å². The zero-order valence-electron chi connectivity index (χ0n) is 26.5. The van der Waals surface area contributed by atoms with Gasteiger partial charge in [-0.15, -0.1) is 0 Å². The summed E-state index contributed by atoms with van der Waals surface area (Å²) in [5, 5.41) is 2.84. The number of carbonyl (C=O) groups is 2. The lowest BCUT2D eigenvalue weighted by Crippen LogP contribution is -2.26. The van der Waals surface area contributed by atoms with Crippen LogP contribution in [0, 0.1) is 11.8 Å². The quantitative estimate of drug-likeness (QED) is 0.234. The van der Waals surface area contributed by atoms with Crippen LogP contribution < -0.4 is 21.6 Å². The van der Waals surface area contributed by atoms with Gasteiger partial charge in [0, 0.05) is 30.5 Å². The summed E-state index contributed by atoms with van der Waals surface area (Å²) >= 11 is 0. The molecule has 2 aromatic carbocycles. The number of nitrogens with one attached hydrogen (secondary N) is 1. The Morgan fingerprint density at radius 3 is 2.53 bits per heavy atom. The fourth-order valence-electron chi connectivity index (χ4n) is 5.38. The van der Waals surface area contributed by atoms with Crippen LogP contribution >= 0.6 is 0 Å². The lowest BCUT2D eigenvalue weighted by atomic mass is 10.1. The van der Waals surface area contributed by atoms with Crippen molar-refractivity contribution in [1.82, 2.24) is 29.0 Å². The molecule has 0 spiro atoms. The first-order valence-corrected chi connectivity index (χ1v) is 15.4. The molecule has 1 saturated carbocycles. The summed E-state index contributed by atoms with van der Waals surface area (Å²) in [6.07, 6.45) is 7.18. The number of hydrogen-bond donors (Lipinski definition) is 2. The standard InChI is InChI=1S/C35H35N9O3/c1-4-7-23-17-18-37-29(20-23)40-34(46)24-11-13-26(14-12-24)43-31-32(36)38-22-39-33(31)44(35(43)47)28-9-5-8-27(21-28)42(3)30(45)10-6-19-41(2)25-15-16-25/h5,8-9,11-14,17-18,20-22,25H,4,7,15-16,19H2,1-3H3,(H2,36,38,39)(H,37,40,46). The molecular formula is C35H35N9O3. The second-order valence-corrected chi connectivity index (χ2v) is 11.5. The van der Waals surface area contributed by atoms with Gasteiger partial charge < -0.3 is 16.0 Å². The van der Waals surface area contributed by atoms with E-state index in [2.05, 4.69) is 43.9 Å². The van der Waals surface area contributed by atoms with Gasteiger partial charge >= 0.3 is 11.6 Å². The Bertz CT molecular complexity index is 2090. The van der Waals surface area contributed by atoms with Crippen LogP contribution in [0.15, 0.2) is 78.0 Å². The highest BCUT2D eigenvalue weighted by molar-refractivity contribution is 6.05. The molecule has 3 heterocycles. The molecule has 3 aromatic heterocycles. The van der Waals surface area contributed by atoms with Crippen LogP contribution in [0.1, 0.15) is 42.1 Å². The molecule has 47 heavy (non-hydrogen) atoms. The summed E-state index contributed by atoms with van der Waals surface area (Å²) in [6.45, 7) is 2.62. The molecule has 0 aliphatic heterocycles. The van der Waals surface area contributed by atoms with Crippen molar-refractivity contribution in [3.05, 3.63) is 94.8 Å². The van der Waals surface area contributed by atoms with Crippen LogP contribution in [0.5, 0.6) is 0 Å². The van der Waals surface area contributed by atoms with Crippen molar-refractivity contribution >= 4 is 40.3 Å². The summed E-state index contributed by atoms with van der Waals surface area (Å²) < 4.78 is 2.83. The van der Waals surface area contributed by atoms with Crippen LogP contribution in [0.2, 0.25) is 0 Å². The van der Waals surface area contributed by atoms with E-state index < -0.39 is 5.69 Å². The number of aromatic nitrogens is 5. The topological polar surface area (TPSA) is 144 Å². The third kappa shape index (κ3) is 6.61. The summed E-state index contributed by atoms with van der Waals surface area (Å²) in [7, 11) is 3.65. The molecule has 1 fully saturated rings. The molecule has 1 aliphatic rings. The third-order valence-corrected chi connectivity index (χ3v) is 8.12. The molecule has 12 heteroatoms. The Morgan fingerprint density at radius 1 is 1.00 bits per heavy atom. The molecule has 5 aromatic rings. The predicted molar refractivity (Wildman–Crippen MR) is 182 cm³/mol. The van der Waals surface area contributed by atoms with E-state index in [1.165, 1.54) is 33.2 Å². The van der Waals surface area contributed by atoms with Gasteiger partial charge in [0.2, 0.25) is 0 Å². The Balaban J connectivity index is 1.29. The number of pyridine rings is 1. The van der Waals surface area contributed by atoms with Gasteiger partial charge in [-0.1, -0.05) is 25.3 Å². The number of fused-ring (bicyclic) bond motifs is 1. The molecule has 3 N–H and O–H groups in total. The molecule has 12 nitrogen and oxygen atoms in total. The van der Waals surface area contributed by atoms with E-state index in [0.717, 1.165) is 18.4 Å². The predicted octanol–water partition coefficient (Wildman–Crippen LogP) is 3.81.